The fourth-order valence-electron chi connectivity index (χ4n) is 2.49. The number of aromatic nitrogens is 4. The molecule has 7 heteroatoms. The minimum Gasteiger partial charge on any atom is -0.480 e. The number of rotatable bonds is 5. The zero-order valence-corrected chi connectivity index (χ0v) is 13.1. The summed E-state index contributed by atoms with van der Waals surface area (Å²) in [7, 11) is 0. The minimum absolute atomic E-state index is 0.287. The van der Waals surface area contributed by atoms with Gasteiger partial charge >= 0.3 is 5.97 Å². The number of carboxylic acid groups (broad SMARTS) is 1. The van der Waals surface area contributed by atoms with Crippen LogP contribution in [0.2, 0.25) is 0 Å². The van der Waals surface area contributed by atoms with E-state index >= 15 is 0 Å². The number of hydrogen-bond acceptors (Lipinski definition) is 5. The number of benzene rings is 2. The Kier molecular flexibility index (Phi) is 4.24. The highest BCUT2D eigenvalue weighted by Gasteiger charge is 2.25. The van der Waals surface area contributed by atoms with Crippen molar-refractivity contribution in [1.82, 2.24) is 20.2 Å². The molecule has 122 valence electrons. The van der Waals surface area contributed by atoms with E-state index in [-0.39, 0.29) is 6.42 Å². The number of nitrogen functional groups attached to an aromatic ring is 1. The number of tetrazole rings is 1. The standard InChI is InChI=1S/C17H17N5O2/c1-11-7-8-13(10-14(11)18)16-19-20-21-22(16)15(17(23)24)9-12-5-3-2-4-6-12/h2-8,10,15H,9,18H2,1H3,(H,23,24). The van der Waals surface area contributed by atoms with E-state index in [0.717, 1.165) is 11.1 Å². The largest absolute Gasteiger partial charge is 0.480 e. The number of nitrogens with zero attached hydrogens (tertiary/aromatic N) is 4. The van der Waals surface area contributed by atoms with Crippen LogP contribution in [0.5, 0.6) is 0 Å². The van der Waals surface area contributed by atoms with Crippen molar-refractivity contribution in [1.29, 1.82) is 0 Å². The van der Waals surface area contributed by atoms with Gasteiger partial charge in [-0.3, -0.25) is 0 Å². The fourth-order valence-corrected chi connectivity index (χ4v) is 2.49. The Morgan fingerprint density at radius 2 is 2.00 bits per heavy atom. The topological polar surface area (TPSA) is 107 Å². The maximum atomic E-state index is 11.8. The second-order valence-corrected chi connectivity index (χ2v) is 5.56. The molecule has 0 aliphatic rings. The highest BCUT2D eigenvalue weighted by atomic mass is 16.4. The molecule has 0 aliphatic heterocycles. The van der Waals surface area contributed by atoms with Crippen molar-refractivity contribution in [2.75, 3.05) is 5.73 Å². The Hall–Kier alpha value is -3.22. The van der Waals surface area contributed by atoms with Crippen molar-refractivity contribution < 1.29 is 9.90 Å². The number of aryl methyl sites for hydroxylation is 1. The number of anilines is 1. The van der Waals surface area contributed by atoms with Gasteiger partial charge in [-0.2, -0.15) is 0 Å². The summed E-state index contributed by atoms with van der Waals surface area (Å²) in [6.07, 6.45) is 0.287. The van der Waals surface area contributed by atoms with Crippen LogP contribution in [0.25, 0.3) is 11.4 Å². The van der Waals surface area contributed by atoms with Crippen molar-refractivity contribution in [3.05, 3.63) is 59.7 Å². The Balaban J connectivity index is 1.99. The van der Waals surface area contributed by atoms with E-state index in [2.05, 4.69) is 15.5 Å². The van der Waals surface area contributed by atoms with E-state index in [1.807, 2.05) is 49.4 Å². The van der Waals surface area contributed by atoms with Crippen LogP contribution in [0.4, 0.5) is 5.69 Å². The van der Waals surface area contributed by atoms with Gasteiger partial charge in [-0.15, -0.1) is 5.10 Å². The van der Waals surface area contributed by atoms with Crippen LogP contribution in [-0.4, -0.2) is 31.3 Å². The molecule has 0 amide bonds. The first-order valence-corrected chi connectivity index (χ1v) is 7.47. The molecule has 3 aromatic rings. The van der Waals surface area contributed by atoms with E-state index in [4.69, 9.17) is 5.73 Å². The molecule has 2 aromatic carbocycles. The monoisotopic (exact) mass is 323 g/mol. The lowest BCUT2D eigenvalue weighted by atomic mass is 10.1. The van der Waals surface area contributed by atoms with E-state index in [9.17, 15) is 9.90 Å². The molecule has 1 aromatic heterocycles. The van der Waals surface area contributed by atoms with Gasteiger partial charge in [0.25, 0.3) is 0 Å². The van der Waals surface area contributed by atoms with Crippen molar-refractivity contribution in [3.63, 3.8) is 0 Å². The number of nitrogens with two attached hydrogens (primary N) is 1. The summed E-state index contributed by atoms with van der Waals surface area (Å²) in [6, 6.07) is 13.9. The van der Waals surface area contributed by atoms with Gasteiger partial charge < -0.3 is 10.8 Å². The highest BCUT2D eigenvalue weighted by molar-refractivity contribution is 5.73. The van der Waals surface area contributed by atoms with E-state index in [1.165, 1.54) is 4.68 Å². The van der Waals surface area contributed by atoms with Crippen LogP contribution in [0.3, 0.4) is 0 Å². The van der Waals surface area contributed by atoms with Crippen LogP contribution in [0, 0.1) is 6.92 Å². The number of carboxylic acids is 1. The summed E-state index contributed by atoms with van der Waals surface area (Å²) < 4.78 is 1.33. The van der Waals surface area contributed by atoms with Gasteiger partial charge in [0.15, 0.2) is 11.9 Å². The number of carbonyl (C=O) groups is 1. The first-order chi connectivity index (χ1) is 11.6. The average Bonchev–Trinajstić information content (AvgIpc) is 3.05. The van der Waals surface area contributed by atoms with Crippen molar-refractivity contribution in [2.45, 2.75) is 19.4 Å². The molecular formula is C17H17N5O2. The second kappa shape index (κ2) is 6.49. The summed E-state index contributed by atoms with van der Waals surface area (Å²) >= 11 is 0. The quantitative estimate of drug-likeness (QED) is 0.696. The molecule has 3 N–H and O–H groups in total. The number of hydrogen-bond donors (Lipinski definition) is 2. The summed E-state index contributed by atoms with van der Waals surface area (Å²) in [4.78, 5) is 11.8. The summed E-state index contributed by atoms with van der Waals surface area (Å²) in [5.74, 6) is -0.613. The Morgan fingerprint density at radius 3 is 2.67 bits per heavy atom. The van der Waals surface area contributed by atoms with E-state index < -0.39 is 12.0 Å². The van der Waals surface area contributed by atoms with Crippen LogP contribution >= 0.6 is 0 Å². The molecule has 24 heavy (non-hydrogen) atoms. The molecule has 1 heterocycles. The zero-order chi connectivity index (χ0) is 17.1. The lowest BCUT2D eigenvalue weighted by molar-refractivity contribution is -0.141. The summed E-state index contributed by atoms with van der Waals surface area (Å²) in [5.41, 5.74) is 9.07. The fraction of sp³-hybridized carbons (Fsp3) is 0.176. The molecule has 0 saturated heterocycles. The Labute approximate surface area is 138 Å². The maximum Gasteiger partial charge on any atom is 0.329 e. The summed E-state index contributed by atoms with van der Waals surface area (Å²) in [5, 5.41) is 21.2. The second-order valence-electron chi connectivity index (χ2n) is 5.56. The van der Waals surface area contributed by atoms with Crippen molar-refractivity contribution in [2.24, 2.45) is 0 Å². The average molecular weight is 323 g/mol. The molecule has 1 unspecified atom stereocenters. The Morgan fingerprint density at radius 1 is 1.25 bits per heavy atom. The van der Waals surface area contributed by atoms with Gasteiger partial charge in [0.1, 0.15) is 0 Å². The minimum atomic E-state index is -0.993. The predicted molar refractivity (Wildman–Crippen MR) is 89.2 cm³/mol. The third-order valence-corrected chi connectivity index (χ3v) is 3.88. The van der Waals surface area contributed by atoms with E-state index in [0.29, 0.717) is 17.1 Å². The van der Waals surface area contributed by atoms with Crippen LogP contribution < -0.4 is 5.73 Å². The van der Waals surface area contributed by atoms with Gasteiger partial charge in [-0.05, 0) is 34.5 Å². The van der Waals surface area contributed by atoms with E-state index in [1.54, 1.807) is 6.07 Å². The van der Waals surface area contributed by atoms with Gasteiger partial charge in [0.05, 0.1) is 0 Å². The first kappa shape index (κ1) is 15.7. The maximum absolute atomic E-state index is 11.8. The highest BCUT2D eigenvalue weighted by Crippen LogP contribution is 2.25. The lowest BCUT2D eigenvalue weighted by Gasteiger charge is -2.14. The predicted octanol–water partition coefficient (Wildman–Crippen LogP) is 2.10. The molecule has 0 aliphatic carbocycles. The third-order valence-electron chi connectivity index (χ3n) is 3.88. The van der Waals surface area contributed by atoms with Crippen molar-refractivity contribution in [3.8, 4) is 11.4 Å². The normalized spacial score (nSPS) is 12.0. The van der Waals surface area contributed by atoms with Crippen LogP contribution in [0.1, 0.15) is 17.2 Å². The molecule has 0 spiro atoms. The zero-order valence-electron chi connectivity index (χ0n) is 13.1. The molecule has 3 rings (SSSR count). The Bertz CT molecular complexity index is 860. The first-order valence-electron chi connectivity index (χ1n) is 7.47. The number of aliphatic carboxylic acids is 1. The van der Waals surface area contributed by atoms with Gasteiger partial charge in [-0.1, -0.05) is 42.5 Å². The molecule has 7 nitrogen and oxygen atoms in total. The molecule has 0 bridgehead atoms. The molecule has 1 atom stereocenters. The third kappa shape index (κ3) is 3.10. The van der Waals surface area contributed by atoms with Gasteiger partial charge in [0, 0.05) is 17.7 Å². The molecule has 0 fully saturated rings. The lowest BCUT2D eigenvalue weighted by Crippen LogP contribution is -2.23. The van der Waals surface area contributed by atoms with Crippen LogP contribution in [0.15, 0.2) is 48.5 Å². The summed E-state index contributed by atoms with van der Waals surface area (Å²) in [6.45, 7) is 1.90. The van der Waals surface area contributed by atoms with Gasteiger partial charge in [-0.25, -0.2) is 9.48 Å². The van der Waals surface area contributed by atoms with Crippen molar-refractivity contribution >= 4 is 11.7 Å². The molecule has 0 radical (unpaired) electrons. The van der Waals surface area contributed by atoms with Gasteiger partial charge in [0.2, 0.25) is 0 Å². The molecule has 0 saturated carbocycles. The smallest absolute Gasteiger partial charge is 0.329 e. The SMILES string of the molecule is Cc1ccc(-c2nnnn2C(Cc2ccccc2)C(=O)O)cc1N. The molecular weight excluding hydrogens is 306 g/mol. The van der Waals surface area contributed by atoms with Crippen LogP contribution in [-0.2, 0) is 11.2 Å².